The number of hydrogen-bond acceptors (Lipinski definition) is 5. The molecule has 1 aromatic heterocycles. The summed E-state index contributed by atoms with van der Waals surface area (Å²) in [5.74, 6) is 0.663. The SMILES string of the molecule is COc1cc(OC)cc(C(=O)NCc2n[nH]c(=S)n2-c2cccc(C(F)(F)F)c2)c1. The van der Waals surface area contributed by atoms with Crippen LogP contribution in [0.1, 0.15) is 21.7 Å². The predicted molar refractivity (Wildman–Crippen MR) is 104 cm³/mol. The summed E-state index contributed by atoms with van der Waals surface area (Å²) in [7, 11) is 2.92. The third kappa shape index (κ3) is 4.62. The van der Waals surface area contributed by atoms with Crippen molar-refractivity contribution in [3.05, 3.63) is 64.2 Å². The standard InChI is InChI=1S/C19H17F3N4O3S/c1-28-14-6-11(7-15(9-14)29-2)17(27)23-10-16-24-25-18(30)26(16)13-5-3-4-12(8-13)19(20,21)22/h3-9H,10H2,1-2H3,(H,23,27)(H,25,30). The molecule has 0 fully saturated rings. The summed E-state index contributed by atoms with van der Waals surface area (Å²) < 4.78 is 50.8. The summed E-state index contributed by atoms with van der Waals surface area (Å²) in [6, 6.07) is 9.35. The summed E-state index contributed by atoms with van der Waals surface area (Å²) in [5, 5.41) is 9.22. The lowest BCUT2D eigenvalue weighted by molar-refractivity contribution is -0.137. The number of H-pyrrole nitrogens is 1. The van der Waals surface area contributed by atoms with E-state index in [0.29, 0.717) is 11.5 Å². The third-order valence-electron chi connectivity index (χ3n) is 4.19. The number of carbonyl (C=O) groups excluding carboxylic acids is 1. The van der Waals surface area contributed by atoms with Gasteiger partial charge in [0.2, 0.25) is 0 Å². The van der Waals surface area contributed by atoms with Gasteiger partial charge in [-0.15, -0.1) is 0 Å². The molecule has 1 amide bonds. The van der Waals surface area contributed by atoms with E-state index in [9.17, 15) is 18.0 Å². The van der Waals surface area contributed by atoms with Crippen LogP contribution in [0.3, 0.4) is 0 Å². The van der Waals surface area contributed by atoms with Gasteiger partial charge in [-0.05, 0) is 42.5 Å². The Morgan fingerprint density at radius 1 is 1.17 bits per heavy atom. The zero-order valence-electron chi connectivity index (χ0n) is 15.9. The fourth-order valence-corrected chi connectivity index (χ4v) is 2.99. The van der Waals surface area contributed by atoms with Crippen LogP contribution in [0.25, 0.3) is 5.69 Å². The zero-order valence-corrected chi connectivity index (χ0v) is 16.7. The Morgan fingerprint density at radius 3 is 2.43 bits per heavy atom. The average molecular weight is 438 g/mol. The summed E-state index contributed by atoms with van der Waals surface area (Å²) in [6.45, 7) is -0.0816. The molecule has 2 aromatic carbocycles. The molecular formula is C19H17F3N4O3S. The Labute approximate surface area is 174 Å². The van der Waals surface area contributed by atoms with E-state index in [-0.39, 0.29) is 28.4 Å². The van der Waals surface area contributed by atoms with Crippen LogP contribution in [0.2, 0.25) is 0 Å². The topological polar surface area (TPSA) is 81.2 Å². The Bertz CT molecular complexity index is 1100. The van der Waals surface area contributed by atoms with Crippen LogP contribution < -0.4 is 14.8 Å². The molecular weight excluding hydrogens is 421 g/mol. The lowest BCUT2D eigenvalue weighted by Crippen LogP contribution is -2.24. The second-order valence-electron chi connectivity index (χ2n) is 6.11. The minimum Gasteiger partial charge on any atom is -0.497 e. The van der Waals surface area contributed by atoms with Gasteiger partial charge in [0, 0.05) is 11.6 Å². The van der Waals surface area contributed by atoms with Gasteiger partial charge < -0.3 is 14.8 Å². The number of nitrogens with zero attached hydrogens (tertiary/aromatic N) is 2. The number of ether oxygens (including phenoxy) is 2. The second-order valence-corrected chi connectivity index (χ2v) is 6.50. The quantitative estimate of drug-likeness (QED) is 0.571. The molecule has 0 spiro atoms. The van der Waals surface area contributed by atoms with Crippen LogP contribution in [0.5, 0.6) is 11.5 Å². The van der Waals surface area contributed by atoms with Gasteiger partial charge in [-0.1, -0.05) is 6.07 Å². The van der Waals surface area contributed by atoms with Crippen LogP contribution in [0, 0.1) is 4.77 Å². The molecule has 0 aliphatic carbocycles. The summed E-state index contributed by atoms with van der Waals surface area (Å²) in [5.41, 5.74) is -0.358. The molecule has 1 heterocycles. The van der Waals surface area contributed by atoms with Crippen molar-refractivity contribution in [3.8, 4) is 17.2 Å². The maximum Gasteiger partial charge on any atom is 0.416 e. The third-order valence-corrected chi connectivity index (χ3v) is 4.47. The number of benzene rings is 2. The lowest BCUT2D eigenvalue weighted by atomic mass is 10.2. The van der Waals surface area contributed by atoms with Crippen molar-refractivity contribution in [3.63, 3.8) is 0 Å². The molecule has 0 saturated carbocycles. The van der Waals surface area contributed by atoms with Crippen molar-refractivity contribution < 1.29 is 27.4 Å². The maximum absolute atomic E-state index is 13.0. The average Bonchev–Trinajstić information content (AvgIpc) is 3.11. The molecule has 0 aliphatic rings. The van der Waals surface area contributed by atoms with Gasteiger partial charge in [-0.3, -0.25) is 14.5 Å². The van der Waals surface area contributed by atoms with Crippen molar-refractivity contribution in [2.45, 2.75) is 12.7 Å². The largest absolute Gasteiger partial charge is 0.497 e. The summed E-state index contributed by atoms with van der Waals surface area (Å²) in [6.07, 6.45) is -4.50. The van der Waals surface area contributed by atoms with Crippen LogP contribution in [-0.2, 0) is 12.7 Å². The van der Waals surface area contributed by atoms with Crippen LogP contribution in [-0.4, -0.2) is 34.9 Å². The van der Waals surface area contributed by atoms with Gasteiger partial charge in [-0.2, -0.15) is 18.3 Å². The lowest BCUT2D eigenvalue weighted by Gasteiger charge is -2.12. The number of hydrogen-bond donors (Lipinski definition) is 2. The van der Waals surface area contributed by atoms with Gasteiger partial charge in [0.25, 0.3) is 5.91 Å². The molecule has 30 heavy (non-hydrogen) atoms. The first-order valence-corrected chi connectivity index (χ1v) is 8.99. The number of alkyl halides is 3. The summed E-state index contributed by atoms with van der Waals surface area (Å²) in [4.78, 5) is 12.6. The highest BCUT2D eigenvalue weighted by atomic mass is 32.1. The van der Waals surface area contributed by atoms with E-state index in [1.54, 1.807) is 6.07 Å². The molecule has 2 N–H and O–H groups in total. The van der Waals surface area contributed by atoms with Crippen LogP contribution in [0.4, 0.5) is 13.2 Å². The fraction of sp³-hybridized carbons (Fsp3) is 0.211. The molecule has 158 valence electrons. The highest BCUT2D eigenvalue weighted by molar-refractivity contribution is 7.71. The second kappa shape index (κ2) is 8.57. The van der Waals surface area contributed by atoms with E-state index < -0.39 is 17.6 Å². The smallest absolute Gasteiger partial charge is 0.416 e. The first-order chi connectivity index (χ1) is 14.2. The Kier molecular flexibility index (Phi) is 6.11. The van der Waals surface area contributed by atoms with Gasteiger partial charge in [0.15, 0.2) is 10.6 Å². The van der Waals surface area contributed by atoms with E-state index in [4.69, 9.17) is 21.7 Å². The molecule has 0 saturated heterocycles. The van der Waals surface area contributed by atoms with E-state index in [2.05, 4.69) is 15.5 Å². The van der Waals surface area contributed by atoms with Gasteiger partial charge in [0.1, 0.15) is 11.5 Å². The van der Waals surface area contributed by atoms with Crippen molar-refractivity contribution in [2.24, 2.45) is 0 Å². The van der Waals surface area contributed by atoms with Crippen LogP contribution in [0.15, 0.2) is 42.5 Å². The van der Waals surface area contributed by atoms with Gasteiger partial charge in [-0.25, -0.2) is 0 Å². The van der Waals surface area contributed by atoms with E-state index >= 15 is 0 Å². The monoisotopic (exact) mass is 438 g/mol. The number of amides is 1. The molecule has 3 rings (SSSR count). The minimum absolute atomic E-state index is 0.0816. The molecule has 7 nitrogen and oxygen atoms in total. The first-order valence-electron chi connectivity index (χ1n) is 8.58. The molecule has 11 heteroatoms. The Balaban J connectivity index is 1.85. The maximum atomic E-state index is 13.0. The number of nitrogens with one attached hydrogen (secondary N) is 2. The zero-order chi connectivity index (χ0) is 21.9. The Hall–Kier alpha value is -3.34. The van der Waals surface area contributed by atoms with Crippen molar-refractivity contribution in [1.82, 2.24) is 20.1 Å². The van der Waals surface area contributed by atoms with Crippen molar-refractivity contribution in [2.75, 3.05) is 14.2 Å². The predicted octanol–water partition coefficient (Wildman–Crippen LogP) is 3.90. The van der Waals surface area contributed by atoms with Crippen molar-refractivity contribution >= 4 is 18.1 Å². The van der Waals surface area contributed by atoms with Crippen LogP contribution >= 0.6 is 12.2 Å². The molecule has 0 radical (unpaired) electrons. The molecule has 0 bridgehead atoms. The number of aromatic nitrogens is 3. The molecule has 0 unspecified atom stereocenters. The number of rotatable bonds is 6. The van der Waals surface area contributed by atoms with Gasteiger partial charge in [0.05, 0.1) is 32.0 Å². The normalized spacial score (nSPS) is 11.2. The molecule has 0 aliphatic heterocycles. The highest BCUT2D eigenvalue weighted by Gasteiger charge is 2.30. The Morgan fingerprint density at radius 2 is 1.83 bits per heavy atom. The number of carbonyl (C=O) groups is 1. The number of methoxy groups -OCH3 is 2. The fourth-order valence-electron chi connectivity index (χ4n) is 2.74. The van der Waals surface area contributed by atoms with E-state index in [1.165, 1.54) is 43.1 Å². The molecule has 0 atom stereocenters. The first kappa shape index (κ1) is 21.4. The van der Waals surface area contributed by atoms with E-state index in [0.717, 1.165) is 12.1 Å². The molecule has 3 aromatic rings. The van der Waals surface area contributed by atoms with Gasteiger partial charge >= 0.3 is 6.18 Å². The van der Waals surface area contributed by atoms with Crippen molar-refractivity contribution in [1.29, 1.82) is 0 Å². The number of aromatic amines is 1. The minimum atomic E-state index is -4.50. The van der Waals surface area contributed by atoms with E-state index in [1.807, 2.05) is 0 Å². The summed E-state index contributed by atoms with van der Waals surface area (Å²) >= 11 is 5.15. The highest BCUT2D eigenvalue weighted by Crippen LogP contribution is 2.30. The number of halogens is 3.